The lowest BCUT2D eigenvalue weighted by Gasteiger charge is -2.23. The van der Waals surface area contributed by atoms with E-state index in [0.717, 1.165) is 30.8 Å². The second-order valence-corrected chi connectivity index (χ2v) is 5.90. The third-order valence-electron chi connectivity index (χ3n) is 4.03. The van der Waals surface area contributed by atoms with Crippen LogP contribution >= 0.6 is 0 Å². The topological polar surface area (TPSA) is 50.2 Å². The highest BCUT2D eigenvalue weighted by atomic mass is 16.2. The van der Waals surface area contributed by atoms with E-state index in [4.69, 9.17) is 0 Å². The summed E-state index contributed by atoms with van der Waals surface area (Å²) in [7, 11) is 0. The van der Waals surface area contributed by atoms with Gasteiger partial charge in [0.2, 0.25) is 5.91 Å². The minimum absolute atomic E-state index is 0.133. The van der Waals surface area contributed by atoms with Gasteiger partial charge in [-0.2, -0.15) is 5.10 Å². The fourth-order valence-electron chi connectivity index (χ4n) is 3.01. The van der Waals surface area contributed by atoms with Crippen molar-refractivity contribution in [3.8, 4) is 0 Å². The molecule has 1 N–H and O–H groups in total. The Bertz CT molecular complexity index is 664. The van der Waals surface area contributed by atoms with Crippen molar-refractivity contribution in [3.05, 3.63) is 47.8 Å². The molecule has 1 aromatic heterocycles. The number of aryl methyl sites for hydroxylation is 1. The van der Waals surface area contributed by atoms with Gasteiger partial charge in [0.05, 0.1) is 19.3 Å². The van der Waals surface area contributed by atoms with Crippen molar-refractivity contribution >= 4 is 11.6 Å². The lowest BCUT2D eigenvalue weighted by Crippen LogP contribution is -2.42. The average molecular weight is 298 g/mol. The largest absolute Gasteiger partial charge is 0.308 e. The second kappa shape index (κ2) is 6.32. The van der Waals surface area contributed by atoms with E-state index >= 15 is 0 Å². The van der Waals surface area contributed by atoms with Crippen LogP contribution in [0, 0.1) is 6.92 Å². The number of para-hydroxylation sites is 1. The van der Waals surface area contributed by atoms with Crippen LogP contribution < -0.4 is 10.2 Å². The van der Waals surface area contributed by atoms with Gasteiger partial charge in [-0.1, -0.05) is 18.2 Å². The molecule has 5 heteroatoms. The number of hydrogen-bond donors (Lipinski definition) is 1. The zero-order valence-electron chi connectivity index (χ0n) is 13.1. The number of anilines is 1. The fourth-order valence-corrected chi connectivity index (χ4v) is 3.01. The van der Waals surface area contributed by atoms with Gasteiger partial charge in [-0.3, -0.25) is 9.48 Å². The number of benzene rings is 1. The quantitative estimate of drug-likeness (QED) is 0.856. The van der Waals surface area contributed by atoms with E-state index in [1.165, 1.54) is 5.56 Å². The molecule has 0 bridgehead atoms. The van der Waals surface area contributed by atoms with Gasteiger partial charge in [0.15, 0.2) is 0 Å². The van der Waals surface area contributed by atoms with Gasteiger partial charge in [-0.25, -0.2) is 0 Å². The molecule has 0 aliphatic carbocycles. The van der Waals surface area contributed by atoms with Crippen molar-refractivity contribution in [1.29, 1.82) is 0 Å². The maximum Gasteiger partial charge on any atom is 0.241 e. The molecule has 1 aliphatic rings. The number of rotatable bonds is 5. The predicted octanol–water partition coefficient (Wildman–Crippen LogP) is 1.76. The molecular weight excluding hydrogens is 276 g/mol. The first-order valence-electron chi connectivity index (χ1n) is 7.75. The zero-order valence-corrected chi connectivity index (χ0v) is 13.1. The van der Waals surface area contributed by atoms with E-state index < -0.39 is 0 Å². The Morgan fingerprint density at radius 3 is 3.00 bits per heavy atom. The standard InChI is InChI=1S/C17H22N4O/c1-13-10-19-20(12-13)8-7-18-11-17(22)21-14(2)9-15-5-3-4-6-16(15)21/h3-6,10,12,14,18H,7-9,11H2,1-2H3. The molecule has 3 rings (SSSR count). The molecule has 2 aromatic rings. The summed E-state index contributed by atoms with van der Waals surface area (Å²) in [6.07, 6.45) is 4.78. The Morgan fingerprint density at radius 2 is 2.23 bits per heavy atom. The van der Waals surface area contributed by atoms with Crippen molar-refractivity contribution in [1.82, 2.24) is 15.1 Å². The normalized spacial score (nSPS) is 16.8. The van der Waals surface area contributed by atoms with Crippen LogP contribution in [0.4, 0.5) is 5.69 Å². The Balaban J connectivity index is 1.52. The molecule has 0 spiro atoms. The molecule has 0 radical (unpaired) electrons. The number of hydrogen-bond acceptors (Lipinski definition) is 3. The minimum Gasteiger partial charge on any atom is -0.308 e. The number of fused-ring (bicyclic) bond motifs is 1. The molecule has 116 valence electrons. The number of carbonyl (C=O) groups excluding carboxylic acids is 1. The molecule has 2 heterocycles. The Morgan fingerprint density at radius 1 is 1.41 bits per heavy atom. The molecule has 22 heavy (non-hydrogen) atoms. The Kier molecular flexibility index (Phi) is 4.24. The first-order valence-corrected chi connectivity index (χ1v) is 7.75. The van der Waals surface area contributed by atoms with Gasteiger partial charge in [-0.05, 0) is 37.5 Å². The second-order valence-electron chi connectivity index (χ2n) is 5.90. The van der Waals surface area contributed by atoms with Gasteiger partial charge < -0.3 is 10.2 Å². The number of carbonyl (C=O) groups is 1. The van der Waals surface area contributed by atoms with E-state index in [0.29, 0.717) is 6.54 Å². The average Bonchev–Trinajstić information content (AvgIpc) is 3.05. The van der Waals surface area contributed by atoms with Crippen LogP contribution in [-0.4, -0.2) is 34.8 Å². The summed E-state index contributed by atoms with van der Waals surface area (Å²) in [5.74, 6) is 0.133. The lowest BCUT2D eigenvalue weighted by atomic mass is 10.1. The minimum atomic E-state index is 0.133. The summed E-state index contributed by atoms with van der Waals surface area (Å²) in [6.45, 7) is 5.99. The van der Waals surface area contributed by atoms with E-state index in [-0.39, 0.29) is 11.9 Å². The molecule has 1 aliphatic heterocycles. The molecule has 1 unspecified atom stereocenters. The maximum absolute atomic E-state index is 12.5. The monoisotopic (exact) mass is 298 g/mol. The van der Waals surface area contributed by atoms with Crippen molar-refractivity contribution in [2.75, 3.05) is 18.0 Å². The van der Waals surface area contributed by atoms with Gasteiger partial charge in [0.1, 0.15) is 0 Å². The molecule has 5 nitrogen and oxygen atoms in total. The van der Waals surface area contributed by atoms with Crippen LogP contribution in [0.15, 0.2) is 36.7 Å². The molecule has 1 amide bonds. The number of nitrogens with zero attached hydrogens (tertiary/aromatic N) is 3. The Hall–Kier alpha value is -2.14. The van der Waals surface area contributed by atoms with Gasteiger partial charge >= 0.3 is 0 Å². The zero-order chi connectivity index (χ0) is 15.5. The van der Waals surface area contributed by atoms with Crippen molar-refractivity contribution in [2.45, 2.75) is 32.9 Å². The highest BCUT2D eigenvalue weighted by Gasteiger charge is 2.29. The maximum atomic E-state index is 12.5. The van der Waals surface area contributed by atoms with Gasteiger partial charge in [-0.15, -0.1) is 0 Å². The smallest absolute Gasteiger partial charge is 0.241 e. The summed E-state index contributed by atoms with van der Waals surface area (Å²) in [5.41, 5.74) is 3.47. The van der Waals surface area contributed by atoms with Gasteiger partial charge in [0, 0.05) is 24.5 Å². The molecule has 0 saturated carbocycles. The van der Waals surface area contributed by atoms with E-state index in [2.05, 4.69) is 23.4 Å². The number of nitrogens with one attached hydrogen (secondary N) is 1. The molecule has 1 atom stereocenters. The van der Waals surface area contributed by atoms with Crippen LogP contribution in [-0.2, 0) is 17.8 Å². The van der Waals surface area contributed by atoms with E-state index in [1.807, 2.05) is 47.1 Å². The SMILES string of the molecule is Cc1cnn(CCNCC(=O)N2c3ccccc3CC2C)c1. The molecule has 0 fully saturated rings. The van der Waals surface area contributed by atoms with Crippen molar-refractivity contribution in [2.24, 2.45) is 0 Å². The lowest BCUT2D eigenvalue weighted by molar-refractivity contribution is -0.118. The van der Waals surface area contributed by atoms with E-state index in [1.54, 1.807) is 0 Å². The van der Waals surface area contributed by atoms with Crippen LogP contribution in [0.25, 0.3) is 0 Å². The summed E-state index contributed by atoms with van der Waals surface area (Å²) in [6, 6.07) is 8.39. The fraction of sp³-hybridized carbons (Fsp3) is 0.412. The first-order chi connectivity index (χ1) is 10.6. The van der Waals surface area contributed by atoms with Crippen LogP contribution in [0.2, 0.25) is 0 Å². The third kappa shape index (κ3) is 3.04. The van der Waals surface area contributed by atoms with Crippen molar-refractivity contribution < 1.29 is 4.79 Å². The highest BCUT2D eigenvalue weighted by molar-refractivity contribution is 5.97. The number of aromatic nitrogens is 2. The molecular formula is C17H22N4O. The summed E-state index contributed by atoms with van der Waals surface area (Å²) >= 11 is 0. The summed E-state index contributed by atoms with van der Waals surface area (Å²) < 4.78 is 1.89. The van der Waals surface area contributed by atoms with Crippen LogP contribution in [0.1, 0.15) is 18.1 Å². The highest BCUT2D eigenvalue weighted by Crippen LogP contribution is 2.31. The Labute approximate surface area is 130 Å². The summed E-state index contributed by atoms with van der Waals surface area (Å²) in [4.78, 5) is 14.4. The van der Waals surface area contributed by atoms with Crippen LogP contribution in [0.3, 0.4) is 0 Å². The van der Waals surface area contributed by atoms with Crippen molar-refractivity contribution in [3.63, 3.8) is 0 Å². The first kappa shape index (κ1) is 14.8. The predicted molar refractivity (Wildman–Crippen MR) is 86.9 cm³/mol. The number of amides is 1. The van der Waals surface area contributed by atoms with Crippen LogP contribution in [0.5, 0.6) is 0 Å². The summed E-state index contributed by atoms with van der Waals surface area (Å²) in [5, 5.41) is 7.45. The molecule has 0 saturated heterocycles. The van der Waals surface area contributed by atoms with Gasteiger partial charge in [0.25, 0.3) is 0 Å². The third-order valence-corrected chi connectivity index (χ3v) is 4.03. The molecule has 1 aromatic carbocycles. The van der Waals surface area contributed by atoms with E-state index in [9.17, 15) is 4.79 Å².